The van der Waals surface area contributed by atoms with E-state index in [4.69, 9.17) is 39.9 Å². The van der Waals surface area contributed by atoms with Crippen molar-refractivity contribution in [1.29, 1.82) is 0 Å². The van der Waals surface area contributed by atoms with Crippen LogP contribution in [0.1, 0.15) is 35.5 Å². The number of nitrogens with one attached hydrogen (secondary N) is 1. The highest BCUT2D eigenvalue weighted by Crippen LogP contribution is 2.34. The van der Waals surface area contributed by atoms with Gasteiger partial charge in [-0.2, -0.15) is 13.2 Å². The topological polar surface area (TPSA) is 65.5 Å². The molecule has 0 spiro atoms. The standard InChI is InChI=1S/C15H17Cl2N3O.C8H6ClF3.C2H6O/c1-5-6-7-13(10(2)16)20(4)15(21)14-12(18-3)8-11(17)9-19-14;1-5-2-3-7(9)6(4-5)8(10,11)12;1-2-3/h5-9,18H,1H2,2-4H3;2-4H,1H3;3H,2H2,1H3/b7-6-,13-10-;;. The molecule has 36 heavy (non-hydrogen) atoms. The first-order valence-electron chi connectivity index (χ1n) is 10.5. The van der Waals surface area contributed by atoms with Crippen LogP contribution in [0.3, 0.4) is 0 Å². The minimum Gasteiger partial charge on any atom is -0.397 e. The first kappa shape index (κ1) is 33.5. The summed E-state index contributed by atoms with van der Waals surface area (Å²) in [5.74, 6) is -0.292. The van der Waals surface area contributed by atoms with Crippen molar-refractivity contribution in [3.05, 3.63) is 92.9 Å². The lowest BCUT2D eigenvalue weighted by molar-refractivity contribution is -0.137. The van der Waals surface area contributed by atoms with E-state index in [1.807, 2.05) is 0 Å². The molecular weight excluding hydrogens is 538 g/mol. The van der Waals surface area contributed by atoms with Gasteiger partial charge in [-0.3, -0.25) is 4.79 Å². The predicted molar refractivity (Wildman–Crippen MR) is 143 cm³/mol. The van der Waals surface area contributed by atoms with Crippen LogP contribution < -0.4 is 5.32 Å². The largest absolute Gasteiger partial charge is 0.417 e. The van der Waals surface area contributed by atoms with Gasteiger partial charge in [0, 0.05) is 31.9 Å². The number of alkyl halides is 3. The Bertz CT molecular complexity index is 1080. The second-order valence-corrected chi connectivity index (χ2v) is 8.39. The van der Waals surface area contributed by atoms with E-state index in [-0.39, 0.29) is 23.2 Å². The number of carbonyl (C=O) groups excluding carboxylic acids is 1. The van der Waals surface area contributed by atoms with Gasteiger partial charge in [0.05, 0.1) is 27.0 Å². The number of hydrogen-bond acceptors (Lipinski definition) is 4. The molecule has 2 N–H and O–H groups in total. The number of benzene rings is 1. The summed E-state index contributed by atoms with van der Waals surface area (Å²) < 4.78 is 36.4. The molecule has 0 radical (unpaired) electrons. The smallest absolute Gasteiger partial charge is 0.397 e. The minimum absolute atomic E-state index is 0.250. The SMILES string of the molecule is C=C/C=C\C(=C(/C)Cl)N(C)C(=O)c1ncc(Cl)cc1NC.CCO.Cc1ccc(Cl)c(C(F)(F)F)c1. The Hall–Kier alpha value is -2.52. The van der Waals surface area contributed by atoms with E-state index in [0.717, 1.165) is 6.07 Å². The van der Waals surface area contributed by atoms with Crippen LogP contribution in [0.4, 0.5) is 18.9 Å². The average molecular weight is 567 g/mol. The molecule has 1 amide bonds. The summed E-state index contributed by atoms with van der Waals surface area (Å²) in [6, 6.07) is 5.46. The van der Waals surface area contributed by atoms with Gasteiger partial charge >= 0.3 is 6.18 Å². The number of anilines is 1. The number of pyridine rings is 1. The van der Waals surface area contributed by atoms with Crippen LogP contribution in [0.25, 0.3) is 0 Å². The van der Waals surface area contributed by atoms with Crippen LogP contribution in [0.15, 0.2) is 66.0 Å². The maximum Gasteiger partial charge on any atom is 0.417 e. The van der Waals surface area contributed by atoms with Gasteiger partial charge in [-0.15, -0.1) is 0 Å². The maximum absolute atomic E-state index is 12.6. The molecule has 2 aromatic rings. The normalized spacial score (nSPS) is 11.4. The molecule has 0 aliphatic heterocycles. The van der Waals surface area contributed by atoms with E-state index in [0.29, 0.717) is 27.0 Å². The molecule has 0 bridgehead atoms. The van der Waals surface area contributed by atoms with Crippen molar-refractivity contribution in [2.24, 2.45) is 0 Å². The lowest BCUT2D eigenvalue weighted by atomic mass is 10.1. The summed E-state index contributed by atoms with van der Waals surface area (Å²) in [5, 5.41) is 11.2. The number of amides is 1. The van der Waals surface area contributed by atoms with Crippen LogP contribution in [0.5, 0.6) is 0 Å². The number of carbonyl (C=O) groups is 1. The van der Waals surface area contributed by atoms with Gasteiger partial charge in [-0.25, -0.2) is 4.98 Å². The summed E-state index contributed by atoms with van der Waals surface area (Å²) in [5.41, 5.74) is 1.17. The number of nitrogens with zero attached hydrogens (tertiary/aromatic N) is 2. The fraction of sp³-hybridized carbons (Fsp3) is 0.280. The van der Waals surface area contributed by atoms with Crippen LogP contribution in [0.2, 0.25) is 10.0 Å². The molecule has 0 unspecified atom stereocenters. The summed E-state index contributed by atoms with van der Waals surface area (Å²) in [7, 11) is 3.33. The van der Waals surface area contributed by atoms with E-state index in [1.54, 1.807) is 59.2 Å². The highest BCUT2D eigenvalue weighted by molar-refractivity contribution is 6.31. The molecule has 2 rings (SSSR count). The van der Waals surface area contributed by atoms with Crippen molar-refractivity contribution < 1.29 is 23.1 Å². The Labute approximate surface area is 224 Å². The lowest BCUT2D eigenvalue weighted by Gasteiger charge is -2.20. The fourth-order valence-electron chi connectivity index (χ4n) is 2.54. The summed E-state index contributed by atoms with van der Waals surface area (Å²) in [4.78, 5) is 18.1. The van der Waals surface area contributed by atoms with Crippen LogP contribution in [-0.4, -0.2) is 41.6 Å². The van der Waals surface area contributed by atoms with E-state index < -0.39 is 11.7 Å². The van der Waals surface area contributed by atoms with Gasteiger partial charge in [0.2, 0.25) is 0 Å². The number of aryl methyl sites for hydroxylation is 1. The Kier molecular flexibility index (Phi) is 15.1. The van der Waals surface area contributed by atoms with Crippen molar-refractivity contribution in [1.82, 2.24) is 9.88 Å². The molecule has 0 saturated carbocycles. The Balaban J connectivity index is 0.000000686. The molecule has 0 atom stereocenters. The number of halogens is 6. The lowest BCUT2D eigenvalue weighted by Crippen LogP contribution is -2.27. The molecule has 1 heterocycles. The molecule has 0 fully saturated rings. The number of hydrogen-bond donors (Lipinski definition) is 2. The fourth-order valence-corrected chi connectivity index (χ4v) is 3.11. The van der Waals surface area contributed by atoms with Gasteiger partial charge in [-0.05, 0) is 45.0 Å². The van der Waals surface area contributed by atoms with E-state index in [2.05, 4.69) is 16.9 Å². The molecule has 1 aromatic heterocycles. The van der Waals surface area contributed by atoms with Gasteiger partial charge < -0.3 is 15.3 Å². The highest BCUT2D eigenvalue weighted by atomic mass is 35.5. The molecule has 0 saturated heterocycles. The molecule has 5 nitrogen and oxygen atoms in total. The number of allylic oxidation sites excluding steroid dienone is 4. The number of likely N-dealkylation sites (N-methyl/N-ethyl adjacent to an activating group) is 1. The maximum atomic E-state index is 12.6. The van der Waals surface area contributed by atoms with Gasteiger partial charge in [0.15, 0.2) is 5.69 Å². The second kappa shape index (κ2) is 16.3. The van der Waals surface area contributed by atoms with Gasteiger partial charge in [0.1, 0.15) is 0 Å². The summed E-state index contributed by atoms with van der Waals surface area (Å²) in [6.45, 7) is 8.83. The van der Waals surface area contributed by atoms with Crippen LogP contribution in [-0.2, 0) is 6.18 Å². The van der Waals surface area contributed by atoms with Crippen molar-refractivity contribution in [3.8, 4) is 0 Å². The summed E-state index contributed by atoms with van der Waals surface area (Å²) in [6.07, 6.45) is 2.10. The monoisotopic (exact) mass is 565 g/mol. The Morgan fingerprint density at radius 2 is 1.86 bits per heavy atom. The van der Waals surface area contributed by atoms with Crippen molar-refractivity contribution >= 4 is 46.4 Å². The Morgan fingerprint density at radius 1 is 1.28 bits per heavy atom. The molecule has 11 heteroatoms. The molecule has 0 aliphatic carbocycles. The molecule has 1 aromatic carbocycles. The second-order valence-electron chi connectivity index (χ2n) is 6.97. The number of rotatable bonds is 5. The minimum atomic E-state index is -4.36. The first-order valence-corrected chi connectivity index (χ1v) is 11.6. The molecule has 198 valence electrons. The van der Waals surface area contributed by atoms with Crippen LogP contribution in [0, 0.1) is 6.92 Å². The third kappa shape index (κ3) is 11.0. The number of aliphatic hydroxyl groups is 1. The Morgan fingerprint density at radius 3 is 2.31 bits per heavy atom. The van der Waals surface area contributed by atoms with Crippen molar-refractivity contribution in [2.45, 2.75) is 26.9 Å². The van der Waals surface area contributed by atoms with Gasteiger partial charge in [0.25, 0.3) is 5.91 Å². The van der Waals surface area contributed by atoms with Crippen molar-refractivity contribution in [3.63, 3.8) is 0 Å². The van der Waals surface area contributed by atoms with E-state index >= 15 is 0 Å². The third-order valence-corrected chi connectivity index (χ3v) is 4.89. The zero-order valence-electron chi connectivity index (χ0n) is 20.6. The third-order valence-electron chi connectivity index (χ3n) is 4.16. The average Bonchev–Trinajstić information content (AvgIpc) is 2.80. The zero-order chi connectivity index (χ0) is 28.1. The van der Waals surface area contributed by atoms with E-state index in [9.17, 15) is 18.0 Å². The van der Waals surface area contributed by atoms with Crippen molar-refractivity contribution in [2.75, 3.05) is 26.0 Å². The first-order chi connectivity index (χ1) is 16.7. The zero-order valence-corrected chi connectivity index (χ0v) is 22.8. The summed E-state index contributed by atoms with van der Waals surface area (Å²) >= 11 is 17.3. The van der Waals surface area contributed by atoms with Gasteiger partial charge in [-0.1, -0.05) is 65.2 Å². The number of aliphatic hydroxyl groups excluding tert-OH is 1. The molecule has 0 aliphatic rings. The quantitative estimate of drug-likeness (QED) is 0.364. The van der Waals surface area contributed by atoms with E-state index in [1.165, 1.54) is 23.2 Å². The molecular formula is C25H29Cl3F3N3O2. The van der Waals surface area contributed by atoms with Crippen LogP contribution >= 0.6 is 34.8 Å². The highest BCUT2D eigenvalue weighted by Gasteiger charge is 2.32. The predicted octanol–water partition coefficient (Wildman–Crippen LogP) is 7.73. The number of aromatic nitrogens is 1.